The van der Waals surface area contributed by atoms with Gasteiger partial charge in [0, 0.05) is 0 Å². The number of carboxylic acids is 1. The van der Waals surface area contributed by atoms with E-state index < -0.39 is 5.97 Å². The van der Waals surface area contributed by atoms with Gasteiger partial charge in [0.15, 0.2) is 0 Å². The number of carbonyl (C=O) groups is 1. The summed E-state index contributed by atoms with van der Waals surface area (Å²) in [5.74, 6) is -0.883. The molecule has 2 aromatic rings. The third-order valence-corrected chi connectivity index (χ3v) is 2.31. The summed E-state index contributed by atoms with van der Waals surface area (Å²) in [5.41, 5.74) is 0. The monoisotopic (exact) mass is 195 g/mol. The van der Waals surface area contributed by atoms with Gasteiger partial charge in [-0.1, -0.05) is 6.07 Å². The number of aromatic carboxylic acids is 1. The molecule has 1 N–H and O–H groups in total. The molecule has 0 spiro atoms. The standard InChI is InChI=1S/C8H5NO3S/c10-8(11)5-4-9-7(12-5)6-2-1-3-13-6/h1-4H,(H,10,11). The van der Waals surface area contributed by atoms with Crippen molar-refractivity contribution in [2.75, 3.05) is 0 Å². The highest BCUT2D eigenvalue weighted by atomic mass is 32.1. The van der Waals surface area contributed by atoms with Gasteiger partial charge < -0.3 is 9.52 Å². The minimum atomic E-state index is -1.10. The first kappa shape index (κ1) is 8.00. The van der Waals surface area contributed by atoms with E-state index in [-0.39, 0.29) is 5.76 Å². The van der Waals surface area contributed by atoms with Gasteiger partial charge in [0.25, 0.3) is 0 Å². The summed E-state index contributed by atoms with van der Waals surface area (Å²) in [7, 11) is 0. The average Bonchev–Trinajstić information content (AvgIpc) is 2.75. The van der Waals surface area contributed by atoms with Gasteiger partial charge in [-0.15, -0.1) is 11.3 Å². The molecule has 2 rings (SSSR count). The van der Waals surface area contributed by atoms with Crippen LogP contribution in [-0.2, 0) is 0 Å². The van der Waals surface area contributed by atoms with E-state index in [1.807, 2.05) is 17.5 Å². The van der Waals surface area contributed by atoms with Crippen molar-refractivity contribution < 1.29 is 14.3 Å². The van der Waals surface area contributed by atoms with Crippen LogP contribution in [-0.4, -0.2) is 16.1 Å². The predicted molar refractivity (Wildman–Crippen MR) is 46.8 cm³/mol. The number of aromatic nitrogens is 1. The Kier molecular flexibility index (Phi) is 1.86. The number of rotatable bonds is 2. The Morgan fingerprint density at radius 3 is 3.00 bits per heavy atom. The molecule has 4 nitrogen and oxygen atoms in total. The van der Waals surface area contributed by atoms with E-state index in [0.717, 1.165) is 4.88 Å². The van der Waals surface area contributed by atoms with Crippen LogP contribution in [0.25, 0.3) is 10.8 Å². The molecule has 0 amide bonds. The maximum Gasteiger partial charge on any atom is 0.373 e. The fourth-order valence-electron chi connectivity index (χ4n) is 0.887. The minimum absolute atomic E-state index is 0.136. The summed E-state index contributed by atoms with van der Waals surface area (Å²) in [6.45, 7) is 0. The molecule has 66 valence electrons. The zero-order chi connectivity index (χ0) is 9.26. The number of hydrogen-bond acceptors (Lipinski definition) is 4. The van der Waals surface area contributed by atoms with Gasteiger partial charge in [-0.05, 0) is 11.4 Å². The van der Waals surface area contributed by atoms with Crippen LogP contribution in [0.15, 0.2) is 28.1 Å². The maximum absolute atomic E-state index is 10.5. The zero-order valence-electron chi connectivity index (χ0n) is 6.43. The SMILES string of the molecule is O=C(O)c1cnc(-c2cccs2)o1. The molecule has 0 unspecified atom stereocenters. The van der Waals surface area contributed by atoms with Gasteiger partial charge in [0.2, 0.25) is 11.7 Å². The summed E-state index contributed by atoms with van der Waals surface area (Å²) in [5, 5.41) is 10.4. The number of thiophene rings is 1. The summed E-state index contributed by atoms with van der Waals surface area (Å²) >= 11 is 1.45. The van der Waals surface area contributed by atoms with Crippen LogP contribution < -0.4 is 0 Å². The Hall–Kier alpha value is -1.62. The summed E-state index contributed by atoms with van der Waals surface area (Å²) in [6.07, 6.45) is 1.21. The van der Waals surface area contributed by atoms with Gasteiger partial charge in [-0.2, -0.15) is 0 Å². The number of nitrogens with zero attached hydrogens (tertiary/aromatic N) is 1. The second-order valence-corrected chi connectivity index (χ2v) is 3.26. The largest absolute Gasteiger partial charge is 0.475 e. The smallest absolute Gasteiger partial charge is 0.373 e. The highest BCUT2D eigenvalue weighted by molar-refractivity contribution is 7.13. The Morgan fingerprint density at radius 2 is 2.46 bits per heavy atom. The second-order valence-electron chi connectivity index (χ2n) is 2.31. The Labute approximate surface area is 77.5 Å². The van der Waals surface area contributed by atoms with Crippen LogP contribution in [0.5, 0.6) is 0 Å². The average molecular weight is 195 g/mol. The lowest BCUT2D eigenvalue weighted by atomic mass is 10.5. The van der Waals surface area contributed by atoms with E-state index in [0.29, 0.717) is 5.89 Å². The highest BCUT2D eigenvalue weighted by Gasteiger charge is 2.11. The molecule has 13 heavy (non-hydrogen) atoms. The normalized spacial score (nSPS) is 10.2. The van der Waals surface area contributed by atoms with Crippen molar-refractivity contribution in [3.05, 3.63) is 29.5 Å². The molecule has 0 atom stereocenters. The third kappa shape index (κ3) is 1.46. The molecule has 0 saturated carbocycles. The van der Waals surface area contributed by atoms with Crippen molar-refractivity contribution >= 4 is 17.3 Å². The van der Waals surface area contributed by atoms with Gasteiger partial charge in [-0.3, -0.25) is 0 Å². The van der Waals surface area contributed by atoms with Gasteiger partial charge in [-0.25, -0.2) is 9.78 Å². The lowest BCUT2D eigenvalue weighted by Gasteiger charge is -1.86. The van der Waals surface area contributed by atoms with E-state index in [1.54, 1.807) is 0 Å². The van der Waals surface area contributed by atoms with Crippen LogP contribution in [0.3, 0.4) is 0 Å². The van der Waals surface area contributed by atoms with E-state index in [1.165, 1.54) is 17.5 Å². The molecule has 2 heterocycles. The van der Waals surface area contributed by atoms with Crippen LogP contribution in [0.2, 0.25) is 0 Å². The molecule has 0 saturated heterocycles. The van der Waals surface area contributed by atoms with Crippen molar-refractivity contribution in [1.82, 2.24) is 4.98 Å². The van der Waals surface area contributed by atoms with E-state index in [2.05, 4.69) is 4.98 Å². The second kappa shape index (κ2) is 3.02. The van der Waals surface area contributed by atoms with Gasteiger partial charge >= 0.3 is 5.97 Å². The highest BCUT2D eigenvalue weighted by Crippen LogP contribution is 2.23. The molecule has 5 heteroatoms. The van der Waals surface area contributed by atoms with Crippen molar-refractivity contribution in [3.63, 3.8) is 0 Å². The first-order valence-corrected chi connectivity index (χ1v) is 4.38. The molecule has 0 bridgehead atoms. The molecule has 0 aromatic carbocycles. The van der Waals surface area contributed by atoms with Crippen LogP contribution >= 0.6 is 11.3 Å². The Balaban J connectivity index is 2.39. The first-order chi connectivity index (χ1) is 6.27. The lowest BCUT2D eigenvalue weighted by Crippen LogP contribution is -1.91. The van der Waals surface area contributed by atoms with Crippen molar-refractivity contribution in [2.45, 2.75) is 0 Å². The molecular weight excluding hydrogens is 190 g/mol. The van der Waals surface area contributed by atoms with Crippen molar-refractivity contribution in [2.24, 2.45) is 0 Å². The molecular formula is C8H5NO3S. The number of oxazole rings is 1. The molecule has 0 radical (unpaired) electrons. The topological polar surface area (TPSA) is 63.3 Å². The summed E-state index contributed by atoms with van der Waals surface area (Å²) < 4.78 is 4.99. The Bertz CT molecular complexity index is 418. The number of carboxylic acid groups (broad SMARTS) is 1. The third-order valence-electron chi connectivity index (χ3n) is 1.45. The molecule has 0 aliphatic heterocycles. The lowest BCUT2D eigenvalue weighted by molar-refractivity contribution is 0.0663. The Morgan fingerprint density at radius 1 is 1.62 bits per heavy atom. The molecule has 2 aromatic heterocycles. The van der Waals surface area contributed by atoms with Gasteiger partial charge in [0.1, 0.15) is 0 Å². The van der Waals surface area contributed by atoms with E-state index >= 15 is 0 Å². The maximum atomic E-state index is 10.5. The van der Waals surface area contributed by atoms with Crippen molar-refractivity contribution in [1.29, 1.82) is 0 Å². The summed E-state index contributed by atoms with van der Waals surface area (Å²) in [4.78, 5) is 15.1. The van der Waals surface area contributed by atoms with Crippen molar-refractivity contribution in [3.8, 4) is 10.8 Å². The van der Waals surface area contributed by atoms with Crippen LogP contribution in [0.1, 0.15) is 10.6 Å². The molecule has 0 aliphatic rings. The molecule has 0 aliphatic carbocycles. The fraction of sp³-hybridized carbons (Fsp3) is 0. The first-order valence-electron chi connectivity index (χ1n) is 3.50. The summed E-state index contributed by atoms with van der Waals surface area (Å²) in [6, 6.07) is 3.67. The predicted octanol–water partition coefficient (Wildman–Crippen LogP) is 2.10. The zero-order valence-corrected chi connectivity index (χ0v) is 7.25. The minimum Gasteiger partial charge on any atom is -0.475 e. The van der Waals surface area contributed by atoms with E-state index in [4.69, 9.17) is 9.52 Å². The van der Waals surface area contributed by atoms with Crippen LogP contribution in [0, 0.1) is 0 Å². The van der Waals surface area contributed by atoms with E-state index in [9.17, 15) is 4.79 Å². The van der Waals surface area contributed by atoms with Crippen LogP contribution in [0.4, 0.5) is 0 Å². The van der Waals surface area contributed by atoms with Gasteiger partial charge in [0.05, 0.1) is 11.1 Å². The number of hydrogen-bond donors (Lipinski definition) is 1. The fourth-order valence-corrected chi connectivity index (χ4v) is 1.54. The quantitative estimate of drug-likeness (QED) is 0.797. The molecule has 0 fully saturated rings.